The van der Waals surface area contributed by atoms with Gasteiger partial charge >= 0.3 is 5.97 Å². The van der Waals surface area contributed by atoms with Crippen LogP contribution in [0, 0.1) is 0 Å². The van der Waals surface area contributed by atoms with Gasteiger partial charge in [-0.3, -0.25) is 4.79 Å². The van der Waals surface area contributed by atoms with Crippen molar-refractivity contribution in [3.8, 4) is 5.75 Å². The summed E-state index contributed by atoms with van der Waals surface area (Å²) in [5.41, 5.74) is 0.516. The third kappa shape index (κ3) is 3.77. The van der Waals surface area contributed by atoms with E-state index in [0.717, 1.165) is 0 Å². The fraction of sp³-hybridized carbons (Fsp3) is 0.125. The third-order valence-corrected chi connectivity index (χ3v) is 3.12. The summed E-state index contributed by atoms with van der Waals surface area (Å²) < 4.78 is 5.30. The molecule has 0 aromatic heterocycles. The molecule has 0 saturated carbocycles. The molecule has 0 aliphatic rings. The Morgan fingerprint density at radius 3 is 2.45 bits per heavy atom. The van der Waals surface area contributed by atoms with E-state index < -0.39 is 11.9 Å². The zero-order chi connectivity index (χ0) is 16.1. The first-order valence-corrected chi connectivity index (χ1v) is 6.96. The molecule has 2 rings (SSSR count). The Hall–Kier alpha value is -2.53. The van der Waals surface area contributed by atoms with Gasteiger partial charge in [-0.05, 0) is 49.4 Å². The minimum absolute atomic E-state index is 0.0244. The maximum Gasteiger partial charge on any atom is 0.337 e. The number of rotatable bonds is 5. The maximum absolute atomic E-state index is 12.2. The van der Waals surface area contributed by atoms with E-state index in [4.69, 9.17) is 21.4 Å². The highest BCUT2D eigenvalue weighted by Gasteiger charge is 2.14. The van der Waals surface area contributed by atoms with Gasteiger partial charge in [0.25, 0.3) is 5.91 Å². The first-order chi connectivity index (χ1) is 10.5. The number of carboxylic acid groups (broad SMARTS) is 1. The molecule has 0 radical (unpaired) electrons. The van der Waals surface area contributed by atoms with Crippen molar-refractivity contribution in [2.45, 2.75) is 6.92 Å². The second-order valence-electron chi connectivity index (χ2n) is 4.41. The molecule has 0 aliphatic carbocycles. The number of hydrogen-bond acceptors (Lipinski definition) is 3. The molecule has 22 heavy (non-hydrogen) atoms. The second kappa shape index (κ2) is 6.95. The summed E-state index contributed by atoms with van der Waals surface area (Å²) in [7, 11) is 0. The number of ether oxygens (including phenoxy) is 1. The van der Waals surface area contributed by atoms with Crippen molar-refractivity contribution >= 4 is 29.2 Å². The van der Waals surface area contributed by atoms with Crippen LogP contribution in [-0.2, 0) is 0 Å². The van der Waals surface area contributed by atoms with Gasteiger partial charge < -0.3 is 15.2 Å². The summed E-state index contributed by atoms with van der Waals surface area (Å²) >= 11 is 5.85. The van der Waals surface area contributed by atoms with Gasteiger partial charge in [-0.25, -0.2) is 4.79 Å². The Bertz CT molecular complexity index is 698. The lowest BCUT2D eigenvalue weighted by Crippen LogP contribution is -2.14. The SMILES string of the molecule is CCOc1ccc(C(=O)Nc2cc(Cl)ccc2C(=O)O)cc1. The van der Waals surface area contributed by atoms with Crippen LogP contribution in [0.15, 0.2) is 42.5 Å². The molecule has 2 aromatic carbocycles. The molecule has 0 fully saturated rings. The summed E-state index contributed by atoms with van der Waals surface area (Å²) in [6.07, 6.45) is 0. The highest BCUT2D eigenvalue weighted by Crippen LogP contribution is 2.22. The number of benzene rings is 2. The molecule has 6 heteroatoms. The van der Waals surface area contributed by atoms with Gasteiger partial charge in [-0.1, -0.05) is 11.6 Å². The largest absolute Gasteiger partial charge is 0.494 e. The number of carbonyl (C=O) groups excluding carboxylic acids is 1. The summed E-state index contributed by atoms with van der Waals surface area (Å²) in [5, 5.41) is 12.0. The van der Waals surface area contributed by atoms with Crippen LogP contribution in [0.4, 0.5) is 5.69 Å². The van der Waals surface area contributed by atoms with Crippen molar-refractivity contribution in [1.29, 1.82) is 0 Å². The summed E-state index contributed by atoms with van der Waals surface area (Å²) in [5.74, 6) is -0.903. The molecule has 114 valence electrons. The number of carbonyl (C=O) groups is 2. The first-order valence-electron chi connectivity index (χ1n) is 6.58. The van der Waals surface area contributed by atoms with E-state index in [1.165, 1.54) is 18.2 Å². The van der Waals surface area contributed by atoms with Crippen LogP contribution in [0.3, 0.4) is 0 Å². The average Bonchev–Trinajstić information content (AvgIpc) is 2.48. The van der Waals surface area contributed by atoms with Crippen molar-refractivity contribution in [2.75, 3.05) is 11.9 Å². The molecule has 2 N–H and O–H groups in total. The molecule has 5 nitrogen and oxygen atoms in total. The predicted octanol–water partition coefficient (Wildman–Crippen LogP) is 3.69. The number of anilines is 1. The normalized spacial score (nSPS) is 10.1. The quantitative estimate of drug-likeness (QED) is 0.881. The van der Waals surface area contributed by atoms with Crippen molar-refractivity contribution in [1.82, 2.24) is 0 Å². The zero-order valence-electron chi connectivity index (χ0n) is 11.8. The number of nitrogens with one attached hydrogen (secondary N) is 1. The number of aromatic carboxylic acids is 1. The number of amides is 1. The van der Waals surface area contributed by atoms with Crippen LogP contribution in [-0.4, -0.2) is 23.6 Å². The van der Waals surface area contributed by atoms with Crippen LogP contribution in [0.25, 0.3) is 0 Å². The van der Waals surface area contributed by atoms with Gasteiger partial charge in [-0.15, -0.1) is 0 Å². The van der Waals surface area contributed by atoms with E-state index in [1.54, 1.807) is 24.3 Å². The van der Waals surface area contributed by atoms with Crippen LogP contribution in [0.1, 0.15) is 27.6 Å². The Labute approximate surface area is 132 Å². The Kier molecular flexibility index (Phi) is 5.01. The fourth-order valence-corrected chi connectivity index (χ4v) is 2.04. The molecule has 1 amide bonds. The highest BCUT2D eigenvalue weighted by molar-refractivity contribution is 6.31. The van der Waals surface area contributed by atoms with E-state index >= 15 is 0 Å². The van der Waals surface area contributed by atoms with E-state index in [2.05, 4.69) is 5.32 Å². The number of halogens is 1. The summed E-state index contributed by atoms with van der Waals surface area (Å²) in [6, 6.07) is 10.8. The minimum atomic E-state index is -1.14. The number of carboxylic acids is 1. The molecule has 0 unspecified atom stereocenters. The minimum Gasteiger partial charge on any atom is -0.494 e. The molecule has 0 aliphatic heterocycles. The Morgan fingerprint density at radius 2 is 1.86 bits per heavy atom. The first kappa shape index (κ1) is 15.9. The smallest absolute Gasteiger partial charge is 0.337 e. The monoisotopic (exact) mass is 319 g/mol. The molecule has 0 atom stereocenters. The predicted molar refractivity (Wildman–Crippen MR) is 84.0 cm³/mol. The van der Waals surface area contributed by atoms with Crippen molar-refractivity contribution in [3.63, 3.8) is 0 Å². The van der Waals surface area contributed by atoms with Gasteiger partial charge in [0.2, 0.25) is 0 Å². The molecule has 0 saturated heterocycles. The van der Waals surface area contributed by atoms with Gasteiger partial charge in [0.05, 0.1) is 17.9 Å². The molecule has 0 heterocycles. The van der Waals surface area contributed by atoms with Gasteiger partial charge in [0.15, 0.2) is 0 Å². The van der Waals surface area contributed by atoms with Crippen LogP contribution < -0.4 is 10.1 Å². The van der Waals surface area contributed by atoms with Gasteiger partial charge in [-0.2, -0.15) is 0 Å². The number of hydrogen-bond donors (Lipinski definition) is 2. The van der Waals surface area contributed by atoms with E-state index in [0.29, 0.717) is 22.9 Å². The molecule has 0 bridgehead atoms. The topological polar surface area (TPSA) is 75.6 Å². The van der Waals surface area contributed by atoms with Gasteiger partial charge in [0.1, 0.15) is 5.75 Å². The van der Waals surface area contributed by atoms with Crippen molar-refractivity contribution in [3.05, 3.63) is 58.6 Å². The second-order valence-corrected chi connectivity index (χ2v) is 4.84. The van der Waals surface area contributed by atoms with E-state index in [1.807, 2.05) is 6.92 Å². The van der Waals surface area contributed by atoms with Gasteiger partial charge in [0, 0.05) is 10.6 Å². The van der Waals surface area contributed by atoms with Crippen molar-refractivity contribution < 1.29 is 19.4 Å². The lowest BCUT2D eigenvalue weighted by Gasteiger charge is -2.09. The van der Waals surface area contributed by atoms with E-state index in [9.17, 15) is 9.59 Å². The third-order valence-electron chi connectivity index (χ3n) is 2.89. The lowest BCUT2D eigenvalue weighted by atomic mass is 10.1. The lowest BCUT2D eigenvalue weighted by molar-refractivity contribution is 0.0698. The van der Waals surface area contributed by atoms with Crippen LogP contribution >= 0.6 is 11.6 Å². The zero-order valence-corrected chi connectivity index (χ0v) is 12.6. The average molecular weight is 320 g/mol. The van der Waals surface area contributed by atoms with Crippen LogP contribution in [0.5, 0.6) is 5.75 Å². The maximum atomic E-state index is 12.2. The Morgan fingerprint density at radius 1 is 1.18 bits per heavy atom. The molecule has 2 aromatic rings. The van der Waals surface area contributed by atoms with Crippen molar-refractivity contribution in [2.24, 2.45) is 0 Å². The highest BCUT2D eigenvalue weighted by atomic mass is 35.5. The summed E-state index contributed by atoms with van der Waals surface area (Å²) in [6.45, 7) is 2.41. The molecular weight excluding hydrogens is 306 g/mol. The Balaban J connectivity index is 2.21. The fourth-order valence-electron chi connectivity index (χ4n) is 1.87. The van der Waals surface area contributed by atoms with Crippen LogP contribution in [0.2, 0.25) is 5.02 Å². The molecule has 0 spiro atoms. The molecular formula is C16H14ClNO4. The van der Waals surface area contributed by atoms with E-state index in [-0.39, 0.29) is 11.3 Å². The summed E-state index contributed by atoms with van der Waals surface area (Å²) in [4.78, 5) is 23.3. The standard InChI is InChI=1S/C16H14ClNO4/c1-2-22-12-6-3-10(4-7-12)15(19)18-14-9-11(17)5-8-13(14)16(20)21/h3-9H,2H2,1H3,(H,18,19)(H,20,21).